The predicted molar refractivity (Wildman–Crippen MR) is 84.6 cm³/mol. The van der Waals surface area contributed by atoms with E-state index in [1.54, 1.807) is 12.1 Å². The van der Waals surface area contributed by atoms with Gasteiger partial charge in [-0.15, -0.1) is 0 Å². The standard InChI is InChI=1S/C15H18N2O2S2/c1-21(18,19)12-4-2-3-11-13(12)16-14(20)17(11)9-15(7-8-15)10-5-6-10/h2-4,10H,5-9H2,1H3,(H,16,20). The van der Waals surface area contributed by atoms with Crippen LogP contribution in [0.2, 0.25) is 0 Å². The van der Waals surface area contributed by atoms with Crippen molar-refractivity contribution in [1.82, 2.24) is 9.55 Å². The van der Waals surface area contributed by atoms with Crippen molar-refractivity contribution < 1.29 is 8.42 Å². The molecule has 2 aliphatic carbocycles. The Bertz CT molecular complexity index is 884. The maximum Gasteiger partial charge on any atom is 0.178 e. The van der Waals surface area contributed by atoms with Crippen LogP contribution in [0.1, 0.15) is 25.7 Å². The molecule has 0 aliphatic heterocycles. The van der Waals surface area contributed by atoms with Crippen molar-refractivity contribution >= 4 is 33.1 Å². The van der Waals surface area contributed by atoms with Gasteiger partial charge >= 0.3 is 0 Å². The second kappa shape index (κ2) is 4.20. The molecule has 0 spiro atoms. The Hall–Kier alpha value is -1.14. The van der Waals surface area contributed by atoms with E-state index in [-0.39, 0.29) is 0 Å². The number of fused-ring (bicyclic) bond motifs is 1. The van der Waals surface area contributed by atoms with Crippen LogP contribution in [0, 0.1) is 16.1 Å². The fourth-order valence-corrected chi connectivity index (χ4v) is 4.60. The van der Waals surface area contributed by atoms with E-state index in [1.165, 1.54) is 31.9 Å². The highest BCUT2D eigenvalue weighted by Gasteiger charge is 2.53. The molecule has 0 atom stereocenters. The number of aromatic nitrogens is 2. The first-order chi connectivity index (χ1) is 9.91. The number of nitrogens with one attached hydrogen (secondary N) is 1. The molecule has 0 radical (unpaired) electrons. The Labute approximate surface area is 129 Å². The Morgan fingerprint density at radius 2 is 2.10 bits per heavy atom. The number of sulfone groups is 1. The number of benzene rings is 1. The number of para-hydroxylation sites is 1. The van der Waals surface area contributed by atoms with Crippen LogP contribution in [-0.4, -0.2) is 24.2 Å². The smallest absolute Gasteiger partial charge is 0.178 e. The summed E-state index contributed by atoms with van der Waals surface area (Å²) < 4.78 is 26.6. The van der Waals surface area contributed by atoms with E-state index >= 15 is 0 Å². The topological polar surface area (TPSA) is 54.9 Å². The van der Waals surface area contributed by atoms with Crippen molar-refractivity contribution in [2.24, 2.45) is 11.3 Å². The summed E-state index contributed by atoms with van der Waals surface area (Å²) in [4.78, 5) is 3.44. The molecule has 2 fully saturated rings. The molecule has 2 aromatic rings. The zero-order valence-electron chi connectivity index (χ0n) is 11.9. The average Bonchev–Trinajstić information content (AvgIpc) is 3.28. The van der Waals surface area contributed by atoms with Crippen molar-refractivity contribution in [3.63, 3.8) is 0 Å². The lowest BCUT2D eigenvalue weighted by Crippen LogP contribution is -2.13. The molecule has 1 N–H and O–H groups in total. The monoisotopic (exact) mass is 322 g/mol. The van der Waals surface area contributed by atoms with E-state index in [0.717, 1.165) is 18.0 Å². The molecule has 4 nitrogen and oxygen atoms in total. The largest absolute Gasteiger partial charge is 0.329 e. The molecule has 112 valence electrons. The molecule has 1 aromatic heterocycles. The van der Waals surface area contributed by atoms with Gasteiger partial charge in [0.2, 0.25) is 0 Å². The summed E-state index contributed by atoms with van der Waals surface area (Å²) >= 11 is 5.45. The lowest BCUT2D eigenvalue weighted by Gasteiger charge is -2.15. The van der Waals surface area contributed by atoms with Gasteiger partial charge in [-0.1, -0.05) is 6.07 Å². The first-order valence-electron chi connectivity index (χ1n) is 7.32. The van der Waals surface area contributed by atoms with Crippen LogP contribution in [0.15, 0.2) is 23.1 Å². The lowest BCUT2D eigenvalue weighted by atomic mass is 10.0. The third-order valence-electron chi connectivity index (χ3n) is 4.98. The van der Waals surface area contributed by atoms with Crippen LogP contribution in [0.25, 0.3) is 11.0 Å². The SMILES string of the molecule is CS(=O)(=O)c1cccc2c1[nH]c(=S)n2CC1(C2CC2)CC1. The van der Waals surface area contributed by atoms with Gasteiger partial charge < -0.3 is 9.55 Å². The van der Waals surface area contributed by atoms with Gasteiger partial charge in [-0.05, 0) is 61.4 Å². The third-order valence-corrected chi connectivity index (χ3v) is 6.44. The molecule has 2 saturated carbocycles. The molecule has 21 heavy (non-hydrogen) atoms. The zero-order chi connectivity index (χ0) is 14.8. The van der Waals surface area contributed by atoms with E-state index in [4.69, 9.17) is 12.2 Å². The summed E-state index contributed by atoms with van der Waals surface area (Å²) in [6.45, 7) is 0.920. The number of nitrogens with zero attached hydrogens (tertiary/aromatic N) is 1. The molecule has 2 aliphatic rings. The zero-order valence-corrected chi connectivity index (χ0v) is 13.6. The highest BCUT2D eigenvalue weighted by Crippen LogP contribution is 2.62. The van der Waals surface area contributed by atoms with Gasteiger partial charge in [-0.3, -0.25) is 0 Å². The van der Waals surface area contributed by atoms with Gasteiger partial charge in [0, 0.05) is 12.8 Å². The number of hydrogen-bond acceptors (Lipinski definition) is 3. The minimum absolute atomic E-state index is 0.334. The van der Waals surface area contributed by atoms with Crippen LogP contribution in [-0.2, 0) is 16.4 Å². The van der Waals surface area contributed by atoms with Crippen molar-refractivity contribution in [2.75, 3.05) is 6.26 Å². The van der Waals surface area contributed by atoms with Gasteiger partial charge in [-0.2, -0.15) is 0 Å². The molecular formula is C15H18N2O2S2. The van der Waals surface area contributed by atoms with Gasteiger partial charge in [0.05, 0.1) is 15.9 Å². The Balaban J connectivity index is 1.87. The quantitative estimate of drug-likeness (QED) is 0.879. The van der Waals surface area contributed by atoms with Crippen LogP contribution in [0.4, 0.5) is 0 Å². The average molecular weight is 322 g/mol. The fraction of sp³-hybridized carbons (Fsp3) is 0.533. The number of hydrogen-bond donors (Lipinski definition) is 1. The third kappa shape index (κ3) is 2.16. The number of rotatable bonds is 4. The molecule has 1 heterocycles. The fourth-order valence-electron chi connectivity index (χ4n) is 3.49. The molecular weight excluding hydrogens is 304 g/mol. The number of H-pyrrole nitrogens is 1. The lowest BCUT2D eigenvalue weighted by molar-refractivity contribution is 0.373. The number of aromatic amines is 1. The highest BCUT2D eigenvalue weighted by atomic mass is 32.2. The Kier molecular flexibility index (Phi) is 2.70. The molecule has 0 saturated heterocycles. The van der Waals surface area contributed by atoms with E-state index < -0.39 is 9.84 Å². The molecule has 0 amide bonds. The summed E-state index contributed by atoms with van der Waals surface area (Å²) in [5.74, 6) is 0.849. The van der Waals surface area contributed by atoms with Crippen LogP contribution in [0.5, 0.6) is 0 Å². The predicted octanol–water partition coefficient (Wildman–Crippen LogP) is 3.29. The van der Waals surface area contributed by atoms with Crippen molar-refractivity contribution in [1.29, 1.82) is 0 Å². The molecule has 0 bridgehead atoms. The van der Waals surface area contributed by atoms with Crippen molar-refractivity contribution in [3.8, 4) is 0 Å². The second-order valence-corrected chi connectivity index (χ2v) is 8.95. The van der Waals surface area contributed by atoms with Crippen molar-refractivity contribution in [3.05, 3.63) is 23.0 Å². The molecule has 4 rings (SSSR count). The highest BCUT2D eigenvalue weighted by molar-refractivity contribution is 7.91. The van der Waals surface area contributed by atoms with Crippen LogP contribution < -0.4 is 0 Å². The maximum atomic E-state index is 11.9. The Morgan fingerprint density at radius 3 is 2.67 bits per heavy atom. The van der Waals surface area contributed by atoms with Gasteiger partial charge in [0.15, 0.2) is 14.6 Å². The van der Waals surface area contributed by atoms with E-state index in [0.29, 0.717) is 20.6 Å². The molecule has 0 unspecified atom stereocenters. The summed E-state index contributed by atoms with van der Waals surface area (Å²) in [7, 11) is -3.26. The first-order valence-corrected chi connectivity index (χ1v) is 9.62. The van der Waals surface area contributed by atoms with Crippen molar-refractivity contribution in [2.45, 2.75) is 37.1 Å². The van der Waals surface area contributed by atoms with E-state index in [9.17, 15) is 8.42 Å². The minimum Gasteiger partial charge on any atom is -0.329 e. The van der Waals surface area contributed by atoms with Crippen LogP contribution >= 0.6 is 12.2 Å². The molecule has 1 aromatic carbocycles. The number of imidazole rings is 1. The van der Waals surface area contributed by atoms with E-state index in [2.05, 4.69) is 9.55 Å². The summed E-state index contributed by atoms with van der Waals surface area (Å²) in [6, 6.07) is 5.40. The Morgan fingerprint density at radius 1 is 1.38 bits per heavy atom. The molecule has 6 heteroatoms. The maximum absolute atomic E-state index is 11.9. The normalized spacial score (nSPS) is 20.8. The second-order valence-electron chi connectivity index (χ2n) is 6.58. The summed E-state index contributed by atoms with van der Waals surface area (Å²) in [5, 5.41) is 0. The minimum atomic E-state index is -3.26. The first kappa shape index (κ1) is 13.5. The summed E-state index contributed by atoms with van der Waals surface area (Å²) in [5.41, 5.74) is 1.99. The van der Waals surface area contributed by atoms with E-state index in [1.807, 2.05) is 6.07 Å². The van der Waals surface area contributed by atoms with Gasteiger partial charge in [0.25, 0.3) is 0 Å². The van der Waals surface area contributed by atoms with Gasteiger partial charge in [0.1, 0.15) is 0 Å². The summed E-state index contributed by atoms with van der Waals surface area (Å²) in [6.07, 6.45) is 6.47. The van der Waals surface area contributed by atoms with Crippen LogP contribution in [0.3, 0.4) is 0 Å². The van der Waals surface area contributed by atoms with Gasteiger partial charge in [-0.25, -0.2) is 8.42 Å².